The molecule has 0 amide bonds. The van der Waals surface area contributed by atoms with Crippen LogP contribution in [0.1, 0.15) is 11.1 Å². The lowest BCUT2D eigenvalue weighted by Crippen LogP contribution is -2.11. The second-order valence-corrected chi connectivity index (χ2v) is 5.75. The van der Waals surface area contributed by atoms with Gasteiger partial charge in [-0.05, 0) is 30.3 Å². The van der Waals surface area contributed by atoms with Crippen LogP contribution >= 0.6 is 47.0 Å². The number of benzene rings is 2. The van der Waals surface area contributed by atoms with E-state index in [9.17, 15) is 0 Å². The number of thiocarbonyl (C=S) groups is 1. The number of hydrogen-bond donors (Lipinski definition) is 1. The predicted molar refractivity (Wildman–Crippen MR) is 88.1 cm³/mol. The van der Waals surface area contributed by atoms with E-state index in [4.69, 9.17) is 57.5 Å². The first-order valence-electron chi connectivity index (χ1n) is 5.63. The van der Waals surface area contributed by atoms with E-state index < -0.39 is 0 Å². The van der Waals surface area contributed by atoms with Gasteiger partial charge in [0.25, 0.3) is 0 Å². The quantitative estimate of drug-likeness (QED) is 0.803. The second-order valence-electron chi connectivity index (χ2n) is 4.03. The molecule has 0 radical (unpaired) electrons. The molecule has 0 aromatic heterocycles. The van der Waals surface area contributed by atoms with Crippen molar-refractivity contribution in [2.75, 3.05) is 0 Å². The minimum absolute atomic E-state index is 0.249. The van der Waals surface area contributed by atoms with E-state index in [1.165, 1.54) is 0 Å². The summed E-state index contributed by atoms with van der Waals surface area (Å²) in [5.74, 6) is 0.524. The van der Waals surface area contributed by atoms with Gasteiger partial charge in [0.1, 0.15) is 17.3 Å². The largest absolute Gasteiger partial charge is 0.488 e. The molecule has 2 N–H and O–H groups in total. The van der Waals surface area contributed by atoms with Crippen LogP contribution in [0.2, 0.25) is 15.1 Å². The van der Waals surface area contributed by atoms with Crippen LogP contribution in [0.3, 0.4) is 0 Å². The maximum Gasteiger partial charge on any atom is 0.131 e. The summed E-state index contributed by atoms with van der Waals surface area (Å²) in [5, 5.41) is 1.66. The lowest BCUT2D eigenvalue weighted by atomic mass is 10.2. The van der Waals surface area contributed by atoms with Crippen molar-refractivity contribution in [3.63, 3.8) is 0 Å². The second kappa shape index (κ2) is 6.64. The maximum atomic E-state index is 6.09. The SMILES string of the molecule is NC(=S)c1ccc(Cl)cc1OCc1ccc(Cl)cc1Cl. The molecule has 0 atom stereocenters. The molecule has 0 aliphatic heterocycles. The van der Waals surface area contributed by atoms with Crippen LogP contribution in [0, 0.1) is 0 Å². The monoisotopic (exact) mass is 345 g/mol. The third kappa shape index (κ3) is 3.76. The van der Waals surface area contributed by atoms with Gasteiger partial charge in [-0.2, -0.15) is 0 Å². The minimum Gasteiger partial charge on any atom is -0.488 e. The summed E-state index contributed by atoms with van der Waals surface area (Å²) in [7, 11) is 0. The van der Waals surface area contributed by atoms with E-state index in [0.29, 0.717) is 26.4 Å². The van der Waals surface area contributed by atoms with Crippen LogP contribution in [-0.2, 0) is 6.61 Å². The van der Waals surface area contributed by atoms with E-state index in [1.807, 2.05) is 0 Å². The normalized spacial score (nSPS) is 10.3. The number of hydrogen-bond acceptors (Lipinski definition) is 2. The van der Waals surface area contributed by atoms with Crippen LogP contribution in [0.4, 0.5) is 0 Å². The first-order chi connectivity index (χ1) is 9.47. The molecule has 0 aliphatic rings. The van der Waals surface area contributed by atoms with E-state index in [-0.39, 0.29) is 11.6 Å². The Hall–Kier alpha value is -1.000. The van der Waals surface area contributed by atoms with Crippen molar-refractivity contribution in [1.82, 2.24) is 0 Å². The van der Waals surface area contributed by atoms with Gasteiger partial charge in [-0.1, -0.05) is 53.1 Å². The van der Waals surface area contributed by atoms with Crippen molar-refractivity contribution >= 4 is 52.0 Å². The Morgan fingerprint density at radius 2 is 1.70 bits per heavy atom. The molecule has 2 rings (SSSR count). The van der Waals surface area contributed by atoms with Gasteiger partial charge >= 0.3 is 0 Å². The Labute approximate surface area is 137 Å². The van der Waals surface area contributed by atoms with Crippen LogP contribution in [-0.4, -0.2) is 4.99 Å². The topological polar surface area (TPSA) is 35.2 Å². The van der Waals surface area contributed by atoms with Gasteiger partial charge in [0.05, 0.1) is 5.56 Å². The molecule has 0 bridgehead atoms. The first-order valence-corrected chi connectivity index (χ1v) is 7.17. The van der Waals surface area contributed by atoms with Crippen LogP contribution in [0.15, 0.2) is 36.4 Å². The molecule has 20 heavy (non-hydrogen) atoms. The van der Waals surface area contributed by atoms with Gasteiger partial charge in [0.2, 0.25) is 0 Å². The highest BCUT2D eigenvalue weighted by atomic mass is 35.5. The first kappa shape index (κ1) is 15.4. The van der Waals surface area contributed by atoms with Crippen LogP contribution in [0.25, 0.3) is 0 Å². The highest BCUT2D eigenvalue weighted by Gasteiger charge is 2.09. The average molecular weight is 347 g/mol. The van der Waals surface area contributed by atoms with E-state index in [2.05, 4.69) is 0 Å². The Morgan fingerprint density at radius 1 is 1.05 bits per heavy atom. The predicted octanol–water partition coefficient (Wildman–Crippen LogP) is 4.86. The van der Waals surface area contributed by atoms with Gasteiger partial charge < -0.3 is 10.5 Å². The fourth-order valence-electron chi connectivity index (χ4n) is 1.61. The summed E-state index contributed by atoms with van der Waals surface area (Å²) in [6.45, 7) is 0.270. The molecule has 0 heterocycles. The standard InChI is InChI=1S/C14H10Cl3NOS/c15-9-2-1-8(12(17)5-9)7-19-13-6-10(16)3-4-11(13)14(18)20/h1-6H,7H2,(H2,18,20). The lowest BCUT2D eigenvalue weighted by molar-refractivity contribution is 0.306. The van der Waals surface area contributed by atoms with Crippen molar-refractivity contribution in [1.29, 1.82) is 0 Å². The van der Waals surface area contributed by atoms with Gasteiger partial charge in [-0.3, -0.25) is 0 Å². The molecule has 0 saturated carbocycles. The third-order valence-corrected chi connectivity index (χ3v) is 3.65. The molecule has 6 heteroatoms. The van der Waals surface area contributed by atoms with E-state index >= 15 is 0 Å². The molecule has 2 aromatic rings. The zero-order valence-corrected chi connectivity index (χ0v) is 13.3. The molecular formula is C14H10Cl3NOS. The highest BCUT2D eigenvalue weighted by molar-refractivity contribution is 7.80. The van der Waals surface area contributed by atoms with Crippen molar-refractivity contribution in [2.24, 2.45) is 5.73 Å². The van der Waals surface area contributed by atoms with Crippen molar-refractivity contribution in [3.05, 3.63) is 62.6 Å². The van der Waals surface area contributed by atoms with Crippen molar-refractivity contribution in [3.8, 4) is 5.75 Å². The average Bonchev–Trinajstić information content (AvgIpc) is 2.37. The minimum atomic E-state index is 0.249. The number of nitrogens with two attached hydrogens (primary N) is 1. The molecule has 2 nitrogen and oxygen atoms in total. The smallest absolute Gasteiger partial charge is 0.131 e. The summed E-state index contributed by atoms with van der Waals surface area (Å²) >= 11 is 22.9. The molecule has 0 aliphatic carbocycles. The van der Waals surface area contributed by atoms with Crippen LogP contribution < -0.4 is 10.5 Å². The lowest BCUT2D eigenvalue weighted by Gasteiger charge is -2.12. The maximum absolute atomic E-state index is 6.09. The highest BCUT2D eigenvalue weighted by Crippen LogP contribution is 2.26. The summed E-state index contributed by atoms with van der Waals surface area (Å²) in [4.78, 5) is 0.249. The molecule has 0 fully saturated rings. The number of halogens is 3. The Kier molecular flexibility index (Phi) is 5.11. The molecular weight excluding hydrogens is 337 g/mol. The summed E-state index contributed by atoms with van der Waals surface area (Å²) in [6, 6.07) is 10.3. The van der Waals surface area contributed by atoms with Gasteiger partial charge in [0.15, 0.2) is 0 Å². The molecule has 0 saturated heterocycles. The fourth-order valence-corrected chi connectivity index (χ4v) is 2.41. The zero-order valence-electron chi connectivity index (χ0n) is 10.2. The molecule has 0 unspecified atom stereocenters. The Morgan fingerprint density at radius 3 is 2.35 bits per heavy atom. The molecule has 2 aromatic carbocycles. The summed E-state index contributed by atoms with van der Waals surface area (Å²) in [6.07, 6.45) is 0. The number of ether oxygens (including phenoxy) is 1. The van der Waals surface area contributed by atoms with Crippen LogP contribution in [0.5, 0.6) is 5.75 Å². The van der Waals surface area contributed by atoms with Gasteiger partial charge in [-0.15, -0.1) is 0 Å². The Balaban J connectivity index is 2.22. The molecule has 104 valence electrons. The van der Waals surface area contributed by atoms with Crippen molar-refractivity contribution < 1.29 is 4.74 Å². The Bertz CT molecular complexity index is 661. The third-order valence-electron chi connectivity index (χ3n) is 2.61. The van der Waals surface area contributed by atoms with Gasteiger partial charge in [-0.25, -0.2) is 0 Å². The van der Waals surface area contributed by atoms with Gasteiger partial charge in [0, 0.05) is 20.6 Å². The van der Waals surface area contributed by atoms with Crippen molar-refractivity contribution in [2.45, 2.75) is 6.61 Å². The molecule has 0 spiro atoms. The summed E-state index contributed by atoms with van der Waals surface area (Å²) < 4.78 is 5.71. The van der Waals surface area contributed by atoms with E-state index in [1.54, 1.807) is 36.4 Å². The fraction of sp³-hybridized carbons (Fsp3) is 0.0714. The summed E-state index contributed by atoms with van der Waals surface area (Å²) in [5.41, 5.74) is 7.09. The zero-order chi connectivity index (χ0) is 14.7. The van der Waals surface area contributed by atoms with E-state index in [0.717, 1.165) is 5.56 Å². The number of rotatable bonds is 4.